The summed E-state index contributed by atoms with van der Waals surface area (Å²) < 4.78 is 0.780. The standard InChI is InChI=1S/C10H12IN3O3/c1-6(4-10(12)15)13-8-3-2-7(11)5-9(8)14(16)17/h2-3,5-6,13H,4H2,1H3,(H2,12,15). The first kappa shape index (κ1) is 13.7. The lowest BCUT2D eigenvalue weighted by atomic mass is 10.2. The van der Waals surface area contributed by atoms with E-state index in [1.165, 1.54) is 6.07 Å². The van der Waals surface area contributed by atoms with Crippen LogP contribution in [0.3, 0.4) is 0 Å². The van der Waals surface area contributed by atoms with Crippen LogP contribution in [0.4, 0.5) is 11.4 Å². The molecule has 0 aromatic heterocycles. The van der Waals surface area contributed by atoms with Crippen molar-refractivity contribution in [2.45, 2.75) is 19.4 Å². The van der Waals surface area contributed by atoms with Crippen LogP contribution in [0.5, 0.6) is 0 Å². The molecule has 0 bridgehead atoms. The third kappa shape index (κ3) is 4.17. The first-order valence-electron chi connectivity index (χ1n) is 4.89. The summed E-state index contributed by atoms with van der Waals surface area (Å²) in [6.07, 6.45) is 0.128. The predicted molar refractivity (Wildman–Crippen MR) is 72.7 cm³/mol. The smallest absolute Gasteiger partial charge is 0.293 e. The molecule has 17 heavy (non-hydrogen) atoms. The normalized spacial score (nSPS) is 11.9. The molecule has 1 rings (SSSR count). The quantitative estimate of drug-likeness (QED) is 0.482. The first-order valence-corrected chi connectivity index (χ1v) is 5.97. The summed E-state index contributed by atoms with van der Waals surface area (Å²) in [5, 5.41) is 13.8. The van der Waals surface area contributed by atoms with Crippen LogP contribution in [-0.4, -0.2) is 16.9 Å². The van der Waals surface area contributed by atoms with E-state index in [0.29, 0.717) is 5.69 Å². The maximum atomic E-state index is 10.8. The Labute approximate surface area is 112 Å². The Morgan fingerprint density at radius 3 is 2.82 bits per heavy atom. The fraction of sp³-hybridized carbons (Fsp3) is 0.300. The molecule has 1 amide bonds. The molecule has 0 fully saturated rings. The van der Waals surface area contributed by atoms with Crippen molar-refractivity contribution in [3.63, 3.8) is 0 Å². The van der Waals surface area contributed by atoms with Crippen molar-refractivity contribution in [3.8, 4) is 0 Å². The van der Waals surface area contributed by atoms with Gasteiger partial charge in [-0.15, -0.1) is 0 Å². The SMILES string of the molecule is CC(CC(N)=O)Nc1ccc(I)cc1[N+](=O)[O-]. The topological polar surface area (TPSA) is 98.3 Å². The van der Waals surface area contributed by atoms with E-state index in [2.05, 4.69) is 5.32 Å². The number of nitro benzene ring substituents is 1. The van der Waals surface area contributed by atoms with Crippen LogP contribution >= 0.6 is 22.6 Å². The Morgan fingerprint density at radius 1 is 1.65 bits per heavy atom. The van der Waals surface area contributed by atoms with Crippen molar-refractivity contribution in [3.05, 3.63) is 31.9 Å². The van der Waals surface area contributed by atoms with E-state index >= 15 is 0 Å². The molecule has 3 N–H and O–H groups in total. The van der Waals surface area contributed by atoms with Gasteiger partial charge in [-0.05, 0) is 41.6 Å². The molecule has 1 aromatic carbocycles. The summed E-state index contributed by atoms with van der Waals surface area (Å²) in [5.74, 6) is -0.446. The molecule has 1 unspecified atom stereocenters. The number of benzene rings is 1. The highest BCUT2D eigenvalue weighted by atomic mass is 127. The van der Waals surface area contributed by atoms with E-state index in [9.17, 15) is 14.9 Å². The van der Waals surface area contributed by atoms with E-state index in [0.717, 1.165) is 3.57 Å². The van der Waals surface area contributed by atoms with E-state index in [4.69, 9.17) is 5.73 Å². The summed E-state index contributed by atoms with van der Waals surface area (Å²) in [6, 6.07) is 4.61. The van der Waals surface area contributed by atoms with Gasteiger partial charge >= 0.3 is 0 Å². The Bertz CT molecular complexity index is 450. The molecule has 0 saturated carbocycles. The number of rotatable bonds is 5. The Morgan fingerprint density at radius 2 is 2.29 bits per heavy atom. The summed E-state index contributed by atoms with van der Waals surface area (Å²) in [6.45, 7) is 1.74. The molecular formula is C10H12IN3O3. The number of primary amides is 1. The third-order valence-corrected chi connectivity index (χ3v) is 2.74. The number of nitrogens with one attached hydrogen (secondary N) is 1. The number of nitrogens with zero attached hydrogens (tertiary/aromatic N) is 1. The minimum atomic E-state index is -0.457. The third-order valence-electron chi connectivity index (χ3n) is 2.07. The lowest BCUT2D eigenvalue weighted by molar-refractivity contribution is -0.384. The number of hydrogen-bond donors (Lipinski definition) is 2. The lowest BCUT2D eigenvalue weighted by Crippen LogP contribution is -2.24. The zero-order valence-corrected chi connectivity index (χ0v) is 11.3. The molecule has 0 aliphatic heterocycles. The van der Waals surface area contributed by atoms with Crippen molar-refractivity contribution in [1.29, 1.82) is 0 Å². The van der Waals surface area contributed by atoms with Crippen molar-refractivity contribution in [2.24, 2.45) is 5.73 Å². The highest BCUT2D eigenvalue weighted by Gasteiger charge is 2.16. The second-order valence-electron chi connectivity index (χ2n) is 3.63. The molecule has 0 saturated heterocycles. The van der Waals surface area contributed by atoms with Gasteiger partial charge in [-0.3, -0.25) is 14.9 Å². The van der Waals surface area contributed by atoms with Crippen LogP contribution in [0.1, 0.15) is 13.3 Å². The van der Waals surface area contributed by atoms with Crippen molar-refractivity contribution >= 4 is 39.9 Å². The monoisotopic (exact) mass is 349 g/mol. The van der Waals surface area contributed by atoms with Gasteiger partial charge in [-0.2, -0.15) is 0 Å². The van der Waals surface area contributed by atoms with Gasteiger partial charge in [0.05, 0.1) is 4.92 Å². The Hall–Kier alpha value is -1.38. The second kappa shape index (κ2) is 5.80. The number of halogens is 1. The number of nitro groups is 1. The molecule has 1 aromatic rings. The Kier molecular flexibility index (Phi) is 4.67. The molecular weight excluding hydrogens is 337 g/mol. The van der Waals surface area contributed by atoms with Gasteiger partial charge < -0.3 is 11.1 Å². The zero-order valence-electron chi connectivity index (χ0n) is 9.14. The first-order chi connectivity index (χ1) is 7.90. The van der Waals surface area contributed by atoms with Crippen LogP contribution in [0.15, 0.2) is 18.2 Å². The zero-order chi connectivity index (χ0) is 13.0. The van der Waals surface area contributed by atoms with Crippen molar-refractivity contribution in [1.82, 2.24) is 0 Å². The van der Waals surface area contributed by atoms with Gasteiger partial charge in [0.25, 0.3) is 5.69 Å². The van der Waals surface area contributed by atoms with Crippen LogP contribution < -0.4 is 11.1 Å². The van der Waals surface area contributed by atoms with Crippen molar-refractivity contribution in [2.75, 3.05) is 5.32 Å². The average Bonchev–Trinajstić information content (AvgIpc) is 2.19. The maximum absolute atomic E-state index is 10.8. The number of carbonyl (C=O) groups is 1. The van der Waals surface area contributed by atoms with Gasteiger partial charge in [-0.25, -0.2) is 0 Å². The highest BCUT2D eigenvalue weighted by Crippen LogP contribution is 2.27. The van der Waals surface area contributed by atoms with Gasteiger partial charge in [-0.1, -0.05) is 0 Å². The molecule has 6 nitrogen and oxygen atoms in total. The van der Waals surface area contributed by atoms with Gasteiger partial charge in [0.15, 0.2) is 0 Å². The van der Waals surface area contributed by atoms with Gasteiger partial charge in [0.2, 0.25) is 5.91 Å². The molecule has 1 atom stereocenters. The maximum Gasteiger partial charge on any atom is 0.293 e. The molecule has 7 heteroatoms. The highest BCUT2D eigenvalue weighted by molar-refractivity contribution is 14.1. The summed E-state index contributed by atoms with van der Waals surface area (Å²) in [4.78, 5) is 21.1. The van der Waals surface area contributed by atoms with Crippen LogP contribution in [0.2, 0.25) is 0 Å². The van der Waals surface area contributed by atoms with E-state index in [1.807, 2.05) is 22.6 Å². The molecule has 0 aliphatic rings. The number of amides is 1. The van der Waals surface area contributed by atoms with Crippen LogP contribution in [0.25, 0.3) is 0 Å². The van der Waals surface area contributed by atoms with Gasteiger partial charge in [0, 0.05) is 22.1 Å². The lowest BCUT2D eigenvalue weighted by Gasteiger charge is -2.13. The Balaban J connectivity index is 2.90. The van der Waals surface area contributed by atoms with Crippen LogP contribution in [0, 0.1) is 13.7 Å². The molecule has 92 valence electrons. The second-order valence-corrected chi connectivity index (χ2v) is 4.88. The molecule has 0 aliphatic carbocycles. The van der Waals surface area contributed by atoms with Crippen LogP contribution in [-0.2, 0) is 4.79 Å². The average molecular weight is 349 g/mol. The van der Waals surface area contributed by atoms with Gasteiger partial charge in [0.1, 0.15) is 5.69 Å². The molecule has 0 spiro atoms. The molecule has 0 heterocycles. The fourth-order valence-electron chi connectivity index (χ4n) is 1.40. The summed E-state index contributed by atoms with van der Waals surface area (Å²) >= 11 is 2.00. The molecule has 0 radical (unpaired) electrons. The van der Waals surface area contributed by atoms with Crippen molar-refractivity contribution < 1.29 is 9.72 Å². The largest absolute Gasteiger partial charge is 0.377 e. The summed E-state index contributed by atoms with van der Waals surface area (Å²) in [5.41, 5.74) is 5.44. The minimum Gasteiger partial charge on any atom is -0.377 e. The summed E-state index contributed by atoms with van der Waals surface area (Å²) in [7, 11) is 0. The van der Waals surface area contributed by atoms with E-state index in [1.54, 1.807) is 19.1 Å². The fourth-order valence-corrected chi connectivity index (χ4v) is 1.87. The number of hydrogen-bond acceptors (Lipinski definition) is 4. The van der Waals surface area contributed by atoms with E-state index < -0.39 is 10.8 Å². The number of nitrogens with two attached hydrogens (primary N) is 1. The van der Waals surface area contributed by atoms with E-state index in [-0.39, 0.29) is 18.2 Å². The number of carbonyl (C=O) groups excluding carboxylic acids is 1. The number of anilines is 1. The predicted octanol–water partition coefficient (Wildman–Crippen LogP) is 1.88. The minimum absolute atomic E-state index is 0.00628.